The molecule has 0 unspecified atom stereocenters. The monoisotopic (exact) mass is 712 g/mol. The molecule has 0 aliphatic carbocycles. The third-order valence-electron chi connectivity index (χ3n) is 8.37. The first-order valence-corrected chi connectivity index (χ1v) is 18.2. The number of ether oxygens (including phenoxy) is 4. The minimum atomic E-state index is -1.63. The Kier molecular flexibility index (Phi) is 12.4. The van der Waals surface area contributed by atoms with Gasteiger partial charge in [0.25, 0.3) is 0 Å². The van der Waals surface area contributed by atoms with Crippen molar-refractivity contribution in [2.75, 3.05) is 23.0 Å². The van der Waals surface area contributed by atoms with Gasteiger partial charge in [0.2, 0.25) is 0 Å². The van der Waals surface area contributed by atoms with Crippen molar-refractivity contribution >= 4 is 47.0 Å². The van der Waals surface area contributed by atoms with Crippen LogP contribution in [-0.2, 0) is 18.9 Å². The highest BCUT2D eigenvalue weighted by Crippen LogP contribution is 2.39. The van der Waals surface area contributed by atoms with Crippen molar-refractivity contribution < 1.29 is 80.2 Å². The van der Waals surface area contributed by atoms with Gasteiger partial charge in [-0.05, 0) is 0 Å². The smallest absolute Gasteiger partial charge is 0.132 e. The molecule has 0 radical (unpaired) electrons. The van der Waals surface area contributed by atoms with Crippen molar-refractivity contribution in [3.8, 4) is 0 Å². The Morgan fingerprint density at radius 1 is 0.273 bits per heavy atom. The third-order valence-corrected chi connectivity index (χ3v) is 13.3. The topological polar surface area (TPSA) is 280 Å². The van der Waals surface area contributed by atoms with Crippen LogP contribution in [0.5, 0.6) is 0 Å². The quantitative estimate of drug-likeness (QED) is 0.111. The largest absolute Gasteiger partial charge is 0.388 e. The predicted molar refractivity (Wildman–Crippen MR) is 157 cm³/mol. The summed E-state index contributed by atoms with van der Waals surface area (Å²) in [5, 5.41) is 127. The fourth-order valence-corrected chi connectivity index (χ4v) is 10.5. The van der Waals surface area contributed by atoms with Crippen LogP contribution in [0.4, 0.5) is 0 Å². The lowest BCUT2D eigenvalue weighted by Crippen LogP contribution is -2.60. The van der Waals surface area contributed by atoms with Crippen LogP contribution >= 0.6 is 47.0 Å². The highest BCUT2D eigenvalue weighted by atomic mass is 32.2. The maximum atomic E-state index is 10.6. The molecule has 0 aromatic rings. The standard InChI is InChI=1S/C24H40O16S4/c25-9-5-1-41-21-17(33)14(30)10(26)6(38-21)2-43-23-19(35)16(32)12(28)8(40-23)4-44-24-20(36)15(31)11(27)7(39-24)3-42-22(37-5)18(34)13(9)29/h5-36H,1-4H2/t5-,6-,7-,8-,9-,10-,11-,12-,13+,14+,15+,16+,17-,18-,19-,20-,21+,22+,23+,24+/m1/s1. The molecule has 12 N–H and O–H groups in total. The minimum Gasteiger partial charge on any atom is -0.388 e. The second-order valence-electron chi connectivity index (χ2n) is 11.4. The van der Waals surface area contributed by atoms with Crippen molar-refractivity contribution in [3.63, 3.8) is 0 Å². The molecule has 0 saturated carbocycles. The van der Waals surface area contributed by atoms with E-state index in [0.717, 1.165) is 47.0 Å². The first kappa shape index (κ1) is 36.1. The van der Waals surface area contributed by atoms with E-state index in [0.29, 0.717) is 0 Å². The summed E-state index contributed by atoms with van der Waals surface area (Å²) in [6, 6.07) is 0. The second-order valence-corrected chi connectivity index (χ2v) is 15.9. The Morgan fingerprint density at radius 2 is 0.455 bits per heavy atom. The zero-order valence-electron chi connectivity index (χ0n) is 23.0. The van der Waals surface area contributed by atoms with Crippen LogP contribution < -0.4 is 0 Å². The van der Waals surface area contributed by atoms with Gasteiger partial charge in [-0.25, -0.2) is 0 Å². The Labute approximate surface area is 269 Å². The van der Waals surface area contributed by atoms with Crippen LogP contribution in [0, 0.1) is 0 Å². The maximum Gasteiger partial charge on any atom is 0.132 e. The van der Waals surface area contributed by atoms with Crippen LogP contribution in [0.25, 0.3) is 0 Å². The second kappa shape index (κ2) is 15.1. The van der Waals surface area contributed by atoms with E-state index in [1.54, 1.807) is 0 Å². The Bertz CT molecular complexity index is 739. The van der Waals surface area contributed by atoms with E-state index in [1.807, 2.05) is 0 Å². The fourth-order valence-electron chi connectivity index (χ4n) is 5.53. The average Bonchev–Trinajstić information content (AvgIpc) is 3.01. The number of rotatable bonds is 0. The summed E-state index contributed by atoms with van der Waals surface area (Å²) in [5.41, 5.74) is -4.50. The van der Waals surface area contributed by atoms with E-state index in [2.05, 4.69) is 0 Å². The molecule has 5 fully saturated rings. The number of hydrogen-bond acceptors (Lipinski definition) is 20. The van der Waals surface area contributed by atoms with Crippen molar-refractivity contribution in [2.24, 2.45) is 0 Å². The molecular weight excluding hydrogens is 673 g/mol. The molecule has 0 aromatic carbocycles. The summed E-state index contributed by atoms with van der Waals surface area (Å²) in [6.07, 6.45) is -23.2. The molecule has 44 heavy (non-hydrogen) atoms. The lowest BCUT2D eigenvalue weighted by atomic mass is 10.0. The normalized spacial score (nSPS) is 56.5. The summed E-state index contributed by atoms with van der Waals surface area (Å²) >= 11 is 3.71. The van der Waals surface area contributed by atoms with E-state index in [4.69, 9.17) is 18.9 Å². The van der Waals surface area contributed by atoms with Gasteiger partial charge in [-0.15, -0.1) is 47.0 Å². The van der Waals surface area contributed by atoms with E-state index in [-0.39, 0.29) is 23.0 Å². The van der Waals surface area contributed by atoms with Gasteiger partial charge in [0.1, 0.15) is 95.0 Å². The average molecular weight is 713 g/mol. The number of fused-ring (bicyclic) bond motifs is 8. The molecule has 5 aliphatic rings. The van der Waals surface area contributed by atoms with E-state index in [9.17, 15) is 61.3 Å². The molecule has 0 spiro atoms. The molecule has 20 atom stereocenters. The van der Waals surface area contributed by atoms with Gasteiger partial charge in [0.05, 0.1) is 24.4 Å². The number of aliphatic hydroxyl groups is 12. The van der Waals surface area contributed by atoms with Gasteiger partial charge in [0, 0.05) is 23.0 Å². The Morgan fingerprint density at radius 3 is 0.636 bits per heavy atom. The van der Waals surface area contributed by atoms with Crippen molar-refractivity contribution in [2.45, 2.75) is 119 Å². The summed E-state index contributed by atoms with van der Waals surface area (Å²) in [5.74, 6) is -0.354. The van der Waals surface area contributed by atoms with Crippen molar-refractivity contribution in [1.82, 2.24) is 0 Å². The molecule has 0 amide bonds. The molecule has 20 heteroatoms. The first-order valence-electron chi connectivity index (χ1n) is 14.0. The molecule has 5 heterocycles. The Balaban J connectivity index is 1.39. The third kappa shape index (κ3) is 7.34. The first-order chi connectivity index (χ1) is 20.8. The molecule has 5 rings (SSSR count). The molecule has 16 nitrogen and oxygen atoms in total. The van der Waals surface area contributed by atoms with Gasteiger partial charge in [-0.2, -0.15) is 0 Å². The van der Waals surface area contributed by atoms with E-state index < -0.39 is 119 Å². The fraction of sp³-hybridized carbons (Fsp3) is 1.00. The van der Waals surface area contributed by atoms with Gasteiger partial charge >= 0.3 is 0 Å². The van der Waals surface area contributed by atoms with Gasteiger partial charge in [-0.3, -0.25) is 0 Å². The van der Waals surface area contributed by atoms with Crippen molar-refractivity contribution in [3.05, 3.63) is 0 Å². The van der Waals surface area contributed by atoms with Gasteiger partial charge in [-0.1, -0.05) is 0 Å². The molecule has 5 saturated heterocycles. The number of aliphatic hydroxyl groups excluding tert-OH is 12. The summed E-state index contributed by atoms with van der Waals surface area (Å²) in [7, 11) is 0. The highest BCUT2D eigenvalue weighted by molar-refractivity contribution is 8.00. The van der Waals surface area contributed by atoms with Crippen LogP contribution in [-0.4, -0.2) is 204 Å². The van der Waals surface area contributed by atoms with Gasteiger partial charge < -0.3 is 80.2 Å². The lowest BCUT2D eigenvalue weighted by Gasteiger charge is -2.45. The predicted octanol–water partition coefficient (Wildman–Crippen LogP) is -5.84. The van der Waals surface area contributed by atoms with E-state index >= 15 is 0 Å². The molecular formula is C24H40O16S4. The van der Waals surface area contributed by atoms with Crippen LogP contribution in [0.3, 0.4) is 0 Å². The number of hydrogen-bond donors (Lipinski definition) is 12. The molecule has 8 bridgehead atoms. The van der Waals surface area contributed by atoms with E-state index in [1.165, 1.54) is 0 Å². The molecule has 5 aliphatic heterocycles. The zero-order chi connectivity index (χ0) is 32.0. The number of thioether (sulfide) groups is 4. The molecule has 0 aromatic heterocycles. The summed E-state index contributed by atoms with van der Waals surface area (Å²) in [6.45, 7) is 0. The summed E-state index contributed by atoms with van der Waals surface area (Å²) in [4.78, 5) is 0. The molecule has 256 valence electrons. The highest BCUT2D eigenvalue weighted by Gasteiger charge is 2.51. The van der Waals surface area contributed by atoms with Crippen molar-refractivity contribution in [1.29, 1.82) is 0 Å². The van der Waals surface area contributed by atoms with Crippen LogP contribution in [0.15, 0.2) is 0 Å². The Hall–Kier alpha value is 0.760. The van der Waals surface area contributed by atoms with Crippen LogP contribution in [0.1, 0.15) is 0 Å². The summed E-state index contributed by atoms with van der Waals surface area (Å²) < 4.78 is 23.5. The lowest BCUT2D eigenvalue weighted by molar-refractivity contribution is -0.198. The maximum absolute atomic E-state index is 10.6. The SMILES string of the molecule is O[C@@H]1[C@@H](O)[C@H]2O[C@H](CS[C@@H]3O[C@H](CS[C@@H]4O[C@H](CS[C@@H]5O[C@H](CS2)[C@@H](O)[C@H](O)[C@H]5O)[C@@H](O)[C@H](O)[C@H]4O)[C@@H](O)[C@H](O)[C@H]3O)[C@H]1O. The minimum absolute atomic E-state index is 0.0885. The zero-order valence-corrected chi connectivity index (χ0v) is 26.3. The van der Waals surface area contributed by atoms with Crippen LogP contribution in [0.2, 0.25) is 0 Å². The van der Waals surface area contributed by atoms with Gasteiger partial charge in [0.15, 0.2) is 0 Å².